The quantitative estimate of drug-likeness (QED) is 0.711. The van der Waals surface area contributed by atoms with Crippen LogP contribution < -0.4 is 14.8 Å². The van der Waals surface area contributed by atoms with Gasteiger partial charge < -0.3 is 19.9 Å². The molecular weight excluding hydrogens is 328 g/mol. The predicted octanol–water partition coefficient (Wildman–Crippen LogP) is 3.62. The van der Waals surface area contributed by atoms with Crippen molar-refractivity contribution in [3.8, 4) is 11.5 Å². The zero-order valence-corrected chi connectivity index (χ0v) is 14.0. The standard InChI is InChI=1S/C17H16N2O4S/c1-22-11-4-3-10(14(7-11)23-2)8-18-16-12-5-6-24-15(12)13(9-19-16)17(20)21/h3-7,9H,8H2,1-2H3,(H,18,19)(H,20,21). The molecular formula is C17H16N2O4S. The molecule has 0 unspecified atom stereocenters. The summed E-state index contributed by atoms with van der Waals surface area (Å²) in [6.07, 6.45) is 1.38. The van der Waals surface area contributed by atoms with Crippen LogP contribution in [0.15, 0.2) is 35.8 Å². The Balaban J connectivity index is 1.88. The van der Waals surface area contributed by atoms with E-state index in [2.05, 4.69) is 10.3 Å². The van der Waals surface area contributed by atoms with Gasteiger partial charge >= 0.3 is 5.97 Å². The number of carboxylic acids is 1. The Morgan fingerprint density at radius 1 is 1.29 bits per heavy atom. The molecule has 2 heterocycles. The maximum atomic E-state index is 11.3. The predicted molar refractivity (Wildman–Crippen MR) is 93.5 cm³/mol. The molecule has 3 rings (SSSR count). The Morgan fingerprint density at radius 3 is 2.83 bits per heavy atom. The van der Waals surface area contributed by atoms with Crippen LogP contribution in [-0.2, 0) is 6.54 Å². The van der Waals surface area contributed by atoms with E-state index in [0.29, 0.717) is 22.8 Å². The number of pyridine rings is 1. The number of fused-ring (bicyclic) bond motifs is 1. The van der Waals surface area contributed by atoms with Crippen LogP contribution >= 0.6 is 11.3 Å². The summed E-state index contributed by atoms with van der Waals surface area (Å²) in [5.74, 6) is 1.11. The summed E-state index contributed by atoms with van der Waals surface area (Å²) in [4.78, 5) is 15.5. The molecule has 0 saturated carbocycles. The van der Waals surface area contributed by atoms with E-state index in [4.69, 9.17) is 9.47 Å². The van der Waals surface area contributed by atoms with E-state index in [-0.39, 0.29) is 5.56 Å². The summed E-state index contributed by atoms with van der Waals surface area (Å²) >= 11 is 1.39. The molecule has 6 nitrogen and oxygen atoms in total. The van der Waals surface area contributed by atoms with Crippen molar-refractivity contribution in [2.24, 2.45) is 0 Å². The number of benzene rings is 1. The Hall–Kier alpha value is -2.80. The Morgan fingerprint density at radius 2 is 2.12 bits per heavy atom. The van der Waals surface area contributed by atoms with Crippen molar-refractivity contribution in [2.75, 3.05) is 19.5 Å². The third kappa shape index (κ3) is 2.98. The number of nitrogens with zero attached hydrogens (tertiary/aromatic N) is 1. The van der Waals surface area contributed by atoms with E-state index in [9.17, 15) is 9.90 Å². The van der Waals surface area contributed by atoms with Gasteiger partial charge in [0.1, 0.15) is 17.3 Å². The fourth-order valence-electron chi connectivity index (χ4n) is 2.43. The van der Waals surface area contributed by atoms with E-state index in [1.165, 1.54) is 17.5 Å². The second-order valence-corrected chi connectivity index (χ2v) is 5.94. The minimum atomic E-state index is -0.974. The highest BCUT2D eigenvalue weighted by molar-refractivity contribution is 7.17. The van der Waals surface area contributed by atoms with Crippen molar-refractivity contribution in [3.63, 3.8) is 0 Å². The van der Waals surface area contributed by atoms with Gasteiger partial charge in [-0.15, -0.1) is 11.3 Å². The minimum absolute atomic E-state index is 0.215. The molecule has 124 valence electrons. The summed E-state index contributed by atoms with van der Waals surface area (Å²) in [6, 6.07) is 7.47. The van der Waals surface area contributed by atoms with Gasteiger partial charge in [-0.1, -0.05) is 0 Å². The Kier molecular flexibility index (Phi) is 4.52. The van der Waals surface area contributed by atoms with Crippen LogP contribution in [0.5, 0.6) is 11.5 Å². The number of hydrogen-bond acceptors (Lipinski definition) is 6. The third-order valence-electron chi connectivity index (χ3n) is 3.66. The molecule has 2 N–H and O–H groups in total. The van der Waals surface area contributed by atoms with Crippen LogP contribution in [0, 0.1) is 0 Å². The van der Waals surface area contributed by atoms with Crippen LogP contribution in [-0.4, -0.2) is 30.3 Å². The molecule has 2 aromatic heterocycles. The molecule has 1 aromatic carbocycles. The van der Waals surface area contributed by atoms with Crippen LogP contribution in [0.2, 0.25) is 0 Å². The van der Waals surface area contributed by atoms with E-state index in [0.717, 1.165) is 16.7 Å². The van der Waals surface area contributed by atoms with Gasteiger partial charge in [0.05, 0.1) is 24.5 Å². The van der Waals surface area contributed by atoms with Crippen LogP contribution in [0.1, 0.15) is 15.9 Å². The molecule has 24 heavy (non-hydrogen) atoms. The number of hydrogen-bond donors (Lipinski definition) is 2. The Bertz CT molecular complexity index is 891. The van der Waals surface area contributed by atoms with Crippen molar-refractivity contribution in [3.05, 3.63) is 47.0 Å². The van der Waals surface area contributed by atoms with E-state index in [1.54, 1.807) is 14.2 Å². The Labute approximate surface area is 142 Å². The van der Waals surface area contributed by atoms with Crippen molar-refractivity contribution in [2.45, 2.75) is 6.54 Å². The number of carbonyl (C=O) groups is 1. The first-order valence-corrected chi connectivity index (χ1v) is 8.06. The maximum Gasteiger partial charge on any atom is 0.338 e. The lowest BCUT2D eigenvalue weighted by atomic mass is 10.1. The summed E-state index contributed by atoms with van der Waals surface area (Å²) in [5.41, 5.74) is 1.17. The van der Waals surface area contributed by atoms with Gasteiger partial charge in [-0.3, -0.25) is 0 Å². The monoisotopic (exact) mass is 344 g/mol. The van der Waals surface area contributed by atoms with Gasteiger partial charge in [0.15, 0.2) is 0 Å². The van der Waals surface area contributed by atoms with Gasteiger partial charge in [0.25, 0.3) is 0 Å². The number of aromatic carboxylic acids is 1. The average Bonchev–Trinajstić information content (AvgIpc) is 3.09. The maximum absolute atomic E-state index is 11.3. The smallest absolute Gasteiger partial charge is 0.338 e. The highest BCUT2D eigenvalue weighted by Gasteiger charge is 2.14. The molecule has 0 radical (unpaired) electrons. The number of aromatic nitrogens is 1. The summed E-state index contributed by atoms with van der Waals surface area (Å²) in [6.45, 7) is 0.498. The van der Waals surface area contributed by atoms with Crippen LogP contribution in [0.25, 0.3) is 10.1 Å². The molecule has 0 aliphatic rings. The van der Waals surface area contributed by atoms with Gasteiger partial charge in [-0.2, -0.15) is 0 Å². The lowest BCUT2D eigenvalue weighted by molar-refractivity contribution is 0.0699. The summed E-state index contributed by atoms with van der Waals surface area (Å²) in [5, 5.41) is 15.1. The zero-order chi connectivity index (χ0) is 17.1. The van der Waals surface area contributed by atoms with Crippen molar-refractivity contribution in [1.29, 1.82) is 0 Å². The second kappa shape index (κ2) is 6.76. The fourth-order valence-corrected chi connectivity index (χ4v) is 3.33. The molecule has 0 spiro atoms. The number of rotatable bonds is 6. The van der Waals surface area contributed by atoms with Crippen LogP contribution in [0.3, 0.4) is 0 Å². The number of methoxy groups -OCH3 is 2. The normalized spacial score (nSPS) is 10.6. The molecule has 0 atom stereocenters. The lowest BCUT2D eigenvalue weighted by Crippen LogP contribution is -2.05. The molecule has 7 heteroatoms. The van der Waals surface area contributed by atoms with Gasteiger partial charge in [-0.05, 0) is 23.6 Å². The summed E-state index contributed by atoms with van der Waals surface area (Å²) < 4.78 is 11.3. The van der Waals surface area contributed by atoms with Gasteiger partial charge in [-0.25, -0.2) is 9.78 Å². The number of ether oxygens (including phenoxy) is 2. The van der Waals surface area contributed by atoms with E-state index >= 15 is 0 Å². The highest BCUT2D eigenvalue weighted by atomic mass is 32.1. The number of thiophene rings is 1. The number of nitrogens with one attached hydrogen (secondary N) is 1. The molecule has 0 saturated heterocycles. The topological polar surface area (TPSA) is 80.7 Å². The van der Waals surface area contributed by atoms with Crippen molar-refractivity contribution in [1.82, 2.24) is 4.98 Å². The molecule has 0 aliphatic carbocycles. The number of anilines is 1. The highest BCUT2D eigenvalue weighted by Crippen LogP contribution is 2.31. The molecule has 3 aromatic rings. The molecule has 0 aliphatic heterocycles. The third-order valence-corrected chi connectivity index (χ3v) is 4.61. The van der Waals surface area contributed by atoms with Crippen molar-refractivity contribution < 1.29 is 19.4 Å². The fraction of sp³-hybridized carbons (Fsp3) is 0.176. The number of carboxylic acid groups (broad SMARTS) is 1. The molecule has 0 bridgehead atoms. The first-order chi connectivity index (χ1) is 11.6. The first kappa shape index (κ1) is 16.1. The first-order valence-electron chi connectivity index (χ1n) is 7.18. The SMILES string of the molecule is COc1ccc(CNc2ncc(C(=O)O)c3sccc23)c(OC)c1. The van der Waals surface area contributed by atoms with Crippen LogP contribution in [0.4, 0.5) is 5.82 Å². The van der Waals surface area contributed by atoms with Gasteiger partial charge in [0, 0.05) is 29.8 Å². The van der Waals surface area contributed by atoms with Gasteiger partial charge in [0.2, 0.25) is 0 Å². The summed E-state index contributed by atoms with van der Waals surface area (Å²) in [7, 11) is 3.21. The average molecular weight is 344 g/mol. The van der Waals surface area contributed by atoms with E-state index < -0.39 is 5.97 Å². The second-order valence-electron chi connectivity index (χ2n) is 5.02. The van der Waals surface area contributed by atoms with E-state index in [1.807, 2.05) is 29.6 Å². The van der Waals surface area contributed by atoms with Crippen molar-refractivity contribution >= 4 is 33.2 Å². The lowest BCUT2D eigenvalue weighted by Gasteiger charge is -2.12. The zero-order valence-electron chi connectivity index (χ0n) is 13.2. The molecule has 0 fully saturated rings. The minimum Gasteiger partial charge on any atom is -0.497 e. The largest absolute Gasteiger partial charge is 0.497 e. The molecule has 0 amide bonds.